The van der Waals surface area contributed by atoms with Crippen LogP contribution in [0.25, 0.3) is 0 Å². The fourth-order valence-electron chi connectivity index (χ4n) is 2.61. The maximum absolute atomic E-state index is 12.6. The van der Waals surface area contributed by atoms with Crippen LogP contribution in [0.2, 0.25) is 5.02 Å². The van der Waals surface area contributed by atoms with Crippen LogP contribution < -0.4 is 9.46 Å². The zero-order valence-electron chi connectivity index (χ0n) is 14.0. The number of sulfonamides is 1. The summed E-state index contributed by atoms with van der Waals surface area (Å²) in [4.78, 5) is 11.7. The number of anilines is 1. The van der Waals surface area contributed by atoms with E-state index in [-0.39, 0.29) is 15.6 Å². The molecule has 0 bridgehead atoms. The van der Waals surface area contributed by atoms with Crippen molar-refractivity contribution in [3.8, 4) is 11.5 Å². The van der Waals surface area contributed by atoms with Gasteiger partial charge in [0.15, 0.2) is 0 Å². The molecule has 28 heavy (non-hydrogen) atoms. The standard InChI is InChI=1S/C18H11ClN2O5S2/c19-13-10-12(6-7-14(13)21(22)23)28(24,25)20-11-5-8-16-18(9-11)27-17-4-2-1-3-15(17)26-16/h1-10,20H. The number of nitrogens with one attached hydrogen (secondary N) is 1. The molecule has 0 unspecified atom stereocenters. The number of rotatable bonds is 4. The van der Waals surface area contributed by atoms with Crippen LogP contribution in [0.4, 0.5) is 11.4 Å². The number of halogens is 1. The molecule has 0 atom stereocenters. The van der Waals surface area contributed by atoms with Gasteiger partial charge in [-0.05, 0) is 42.5 Å². The number of hydrogen-bond donors (Lipinski definition) is 1. The van der Waals surface area contributed by atoms with Gasteiger partial charge in [0.05, 0.1) is 25.3 Å². The van der Waals surface area contributed by atoms with E-state index in [0.29, 0.717) is 11.4 Å². The third kappa shape index (κ3) is 3.51. The maximum atomic E-state index is 12.6. The van der Waals surface area contributed by atoms with Crippen LogP contribution in [0.15, 0.2) is 75.4 Å². The van der Waals surface area contributed by atoms with E-state index in [0.717, 1.165) is 33.7 Å². The van der Waals surface area contributed by atoms with E-state index in [4.69, 9.17) is 16.3 Å². The molecule has 0 fully saturated rings. The molecule has 0 saturated carbocycles. The first kappa shape index (κ1) is 18.6. The Morgan fingerprint density at radius 3 is 2.50 bits per heavy atom. The summed E-state index contributed by atoms with van der Waals surface area (Å²) in [5.74, 6) is 1.37. The summed E-state index contributed by atoms with van der Waals surface area (Å²) in [6.45, 7) is 0. The predicted molar refractivity (Wildman–Crippen MR) is 106 cm³/mol. The highest BCUT2D eigenvalue weighted by Gasteiger charge is 2.22. The number of hydrogen-bond acceptors (Lipinski definition) is 6. The lowest BCUT2D eigenvalue weighted by Crippen LogP contribution is -2.13. The van der Waals surface area contributed by atoms with Gasteiger partial charge >= 0.3 is 0 Å². The molecule has 1 aliphatic rings. The van der Waals surface area contributed by atoms with Crippen LogP contribution in [-0.4, -0.2) is 13.3 Å². The van der Waals surface area contributed by atoms with Gasteiger partial charge in [-0.2, -0.15) is 0 Å². The second kappa shape index (κ2) is 7.01. The van der Waals surface area contributed by atoms with Crippen LogP contribution >= 0.6 is 23.4 Å². The largest absolute Gasteiger partial charge is 0.455 e. The molecule has 0 amide bonds. The molecule has 0 aromatic heterocycles. The fraction of sp³-hybridized carbons (Fsp3) is 0. The molecule has 1 aliphatic heterocycles. The van der Waals surface area contributed by atoms with Crippen molar-refractivity contribution in [3.05, 3.63) is 75.8 Å². The molecule has 0 spiro atoms. The van der Waals surface area contributed by atoms with Gasteiger partial charge in [0.2, 0.25) is 0 Å². The van der Waals surface area contributed by atoms with Crippen molar-refractivity contribution in [2.45, 2.75) is 14.7 Å². The first-order valence-corrected chi connectivity index (χ1v) is 10.6. The van der Waals surface area contributed by atoms with Crippen molar-refractivity contribution >= 4 is 44.8 Å². The number of nitro benzene ring substituents is 1. The SMILES string of the molecule is O=[N+]([O-])c1ccc(S(=O)(=O)Nc2ccc3c(c2)Sc2ccccc2O3)cc1Cl. The van der Waals surface area contributed by atoms with Crippen LogP contribution in [0, 0.1) is 10.1 Å². The molecule has 10 heteroatoms. The third-order valence-electron chi connectivity index (χ3n) is 3.91. The maximum Gasteiger partial charge on any atom is 0.287 e. The molecule has 3 aromatic rings. The molecule has 142 valence electrons. The molecule has 0 radical (unpaired) electrons. The van der Waals surface area contributed by atoms with Gasteiger partial charge in [-0.25, -0.2) is 8.42 Å². The second-order valence-electron chi connectivity index (χ2n) is 5.79. The van der Waals surface area contributed by atoms with Crippen molar-refractivity contribution in [2.75, 3.05) is 4.72 Å². The van der Waals surface area contributed by atoms with Crippen LogP contribution in [0.3, 0.4) is 0 Å². The number of para-hydroxylation sites is 1. The lowest BCUT2D eigenvalue weighted by atomic mass is 10.3. The Kier molecular flexibility index (Phi) is 4.66. The van der Waals surface area contributed by atoms with E-state index in [1.807, 2.05) is 24.3 Å². The van der Waals surface area contributed by atoms with Gasteiger partial charge < -0.3 is 4.74 Å². The average Bonchev–Trinajstić information content (AvgIpc) is 2.65. The molecule has 3 aromatic carbocycles. The molecule has 1 heterocycles. The number of fused-ring (bicyclic) bond motifs is 2. The first-order valence-electron chi connectivity index (χ1n) is 7.89. The monoisotopic (exact) mass is 434 g/mol. The lowest BCUT2D eigenvalue weighted by Gasteiger charge is -2.20. The van der Waals surface area contributed by atoms with E-state index in [1.165, 1.54) is 11.8 Å². The number of benzene rings is 3. The topological polar surface area (TPSA) is 98.5 Å². The normalized spacial score (nSPS) is 12.5. The van der Waals surface area contributed by atoms with Crippen molar-refractivity contribution in [1.82, 2.24) is 0 Å². The molecular formula is C18H11ClN2O5S2. The summed E-state index contributed by atoms with van der Waals surface area (Å²) in [7, 11) is -3.97. The van der Waals surface area contributed by atoms with Crippen molar-refractivity contribution in [1.29, 1.82) is 0 Å². The predicted octanol–water partition coefficient (Wildman–Crippen LogP) is 5.31. The third-order valence-corrected chi connectivity index (χ3v) is 6.69. The van der Waals surface area contributed by atoms with Crippen molar-refractivity contribution in [3.63, 3.8) is 0 Å². The minimum atomic E-state index is -3.97. The highest BCUT2D eigenvalue weighted by atomic mass is 35.5. The summed E-state index contributed by atoms with van der Waals surface area (Å²) in [6.07, 6.45) is 0. The number of nitro groups is 1. The van der Waals surface area contributed by atoms with E-state index in [9.17, 15) is 18.5 Å². The van der Waals surface area contributed by atoms with E-state index in [2.05, 4.69) is 4.72 Å². The van der Waals surface area contributed by atoms with Gasteiger partial charge in [-0.15, -0.1) is 0 Å². The van der Waals surface area contributed by atoms with Crippen molar-refractivity contribution in [2.24, 2.45) is 0 Å². The van der Waals surface area contributed by atoms with Gasteiger partial charge in [-0.3, -0.25) is 14.8 Å². The van der Waals surface area contributed by atoms with Gasteiger partial charge in [-0.1, -0.05) is 35.5 Å². The van der Waals surface area contributed by atoms with E-state index in [1.54, 1.807) is 18.2 Å². The summed E-state index contributed by atoms with van der Waals surface area (Å²) >= 11 is 7.29. The number of nitrogens with zero attached hydrogens (tertiary/aromatic N) is 1. The molecule has 7 nitrogen and oxygen atoms in total. The van der Waals surface area contributed by atoms with E-state index >= 15 is 0 Å². The Labute approximate surface area is 169 Å². The second-order valence-corrected chi connectivity index (χ2v) is 8.96. The highest BCUT2D eigenvalue weighted by molar-refractivity contribution is 7.99. The minimum Gasteiger partial charge on any atom is -0.455 e. The molecule has 0 aliphatic carbocycles. The van der Waals surface area contributed by atoms with Crippen LogP contribution in [0.5, 0.6) is 11.5 Å². The van der Waals surface area contributed by atoms with Crippen LogP contribution in [0.1, 0.15) is 0 Å². The summed E-state index contributed by atoms with van der Waals surface area (Å²) in [5.41, 5.74) is -0.0229. The zero-order valence-corrected chi connectivity index (χ0v) is 16.3. The fourth-order valence-corrected chi connectivity index (χ4v) is 4.99. The molecule has 0 saturated heterocycles. The minimum absolute atomic E-state index is 0.171. The van der Waals surface area contributed by atoms with E-state index < -0.39 is 14.9 Å². The van der Waals surface area contributed by atoms with Crippen LogP contribution in [-0.2, 0) is 10.0 Å². The summed E-state index contributed by atoms with van der Waals surface area (Å²) in [5, 5.41) is 10.6. The smallest absolute Gasteiger partial charge is 0.287 e. The Morgan fingerprint density at radius 2 is 1.75 bits per heavy atom. The van der Waals surface area contributed by atoms with Gasteiger partial charge in [0.1, 0.15) is 16.5 Å². The summed E-state index contributed by atoms with van der Waals surface area (Å²) < 4.78 is 33.5. The zero-order chi connectivity index (χ0) is 19.9. The molecule has 4 rings (SSSR count). The summed E-state index contributed by atoms with van der Waals surface area (Å²) in [6, 6.07) is 15.7. The van der Waals surface area contributed by atoms with Crippen molar-refractivity contribution < 1.29 is 18.1 Å². The van der Waals surface area contributed by atoms with Gasteiger partial charge in [0.25, 0.3) is 15.7 Å². The Hall–Kier alpha value is -2.75. The average molecular weight is 435 g/mol. The molecule has 1 N–H and O–H groups in total. The molecular weight excluding hydrogens is 424 g/mol. The highest BCUT2D eigenvalue weighted by Crippen LogP contribution is 2.47. The Morgan fingerprint density at radius 1 is 1.00 bits per heavy atom. The quantitative estimate of drug-likeness (QED) is 0.345. The lowest BCUT2D eigenvalue weighted by molar-refractivity contribution is -0.384. The Balaban J connectivity index is 1.61. The first-order chi connectivity index (χ1) is 13.3. The number of ether oxygens (including phenoxy) is 1. The van der Waals surface area contributed by atoms with Gasteiger partial charge in [0, 0.05) is 6.07 Å². The Bertz CT molecular complexity index is 1210.